The molecule has 0 radical (unpaired) electrons. The van der Waals surface area contributed by atoms with Gasteiger partial charge in [-0.05, 0) is 29.8 Å². The maximum atomic E-state index is 13.4. The third-order valence-corrected chi connectivity index (χ3v) is 4.27. The van der Waals surface area contributed by atoms with Gasteiger partial charge in [0.1, 0.15) is 11.9 Å². The zero-order valence-corrected chi connectivity index (χ0v) is 13.6. The van der Waals surface area contributed by atoms with E-state index in [-0.39, 0.29) is 11.1 Å². The van der Waals surface area contributed by atoms with E-state index < -0.39 is 40.9 Å². The average Bonchev–Trinajstić information content (AvgIpc) is 3.04. The molecule has 27 heavy (non-hydrogen) atoms. The Bertz CT molecular complexity index is 843. The van der Waals surface area contributed by atoms with E-state index in [0.717, 1.165) is 24.3 Å². The molecular formula is C17H13F4N3O3. The number of nitrogens with one attached hydrogen (secondary N) is 1. The average molecular weight is 383 g/mol. The Morgan fingerprint density at radius 2 is 1.67 bits per heavy atom. The van der Waals surface area contributed by atoms with E-state index in [0.29, 0.717) is 5.01 Å². The lowest BCUT2D eigenvalue weighted by Gasteiger charge is -2.24. The predicted octanol–water partition coefficient (Wildman–Crippen LogP) is 3.10. The second-order valence-corrected chi connectivity index (χ2v) is 5.96. The van der Waals surface area contributed by atoms with Crippen molar-refractivity contribution in [3.05, 3.63) is 81.7 Å². The van der Waals surface area contributed by atoms with Gasteiger partial charge in [-0.1, -0.05) is 30.3 Å². The molecule has 10 heteroatoms. The molecule has 142 valence electrons. The monoisotopic (exact) mass is 383 g/mol. The topological polar surface area (TPSA) is 75.5 Å². The number of rotatable bonds is 3. The number of halogens is 4. The highest BCUT2D eigenvalue weighted by molar-refractivity contribution is 5.94. The van der Waals surface area contributed by atoms with Crippen molar-refractivity contribution in [3.63, 3.8) is 0 Å². The Balaban J connectivity index is 2.08. The van der Waals surface area contributed by atoms with Gasteiger partial charge in [0.15, 0.2) is 6.04 Å². The molecule has 1 N–H and O–H groups in total. The minimum absolute atomic E-state index is 0.102. The molecule has 1 heterocycles. The van der Waals surface area contributed by atoms with Crippen LogP contribution in [-0.2, 0) is 0 Å². The van der Waals surface area contributed by atoms with E-state index in [1.807, 2.05) is 5.43 Å². The summed E-state index contributed by atoms with van der Waals surface area (Å²) < 4.78 is 53.3. The fourth-order valence-electron chi connectivity index (χ4n) is 3.06. The first kappa shape index (κ1) is 18.8. The van der Waals surface area contributed by atoms with Crippen LogP contribution in [0.1, 0.15) is 22.0 Å². The fourth-order valence-corrected chi connectivity index (χ4v) is 3.06. The zero-order valence-electron chi connectivity index (χ0n) is 13.6. The lowest BCUT2D eigenvalue weighted by molar-refractivity contribution is -0.534. The molecule has 0 bridgehead atoms. The van der Waals surface area contributed by atoms with Crippen molar-refractivity contribution in [2.75, 3.05) is 0 Å². The maximum absolute atomic E-state index is 13.4. The molecule has 6 nitrogen and oxygen atoms in total. The Morgan fingerprint density at radius 3 is 2.19 bits per heavy atom. The number of hydrazine groups is 1. The highest BCUT2D eigenvalue weighted by Crippen LogP contribution is 2.39. The quantitative estimate of drug-likeness (QED) is 0.502. The minimum atomic E-state index is -4.96. The van der Waals surface area contributed by atoms with Gasteiger partial charge in [0, 0.05) is 10.5 Å². The molecule has 2 aromatic carbocycles. The molecule has 1 aliphatic heterocycles. The van der Waals surface area contributed by atoms with Crippen LogP contribution < -0.4 is 5.43 Å². The summed E-state index contributed by atoms with van der Waals surface area (Å²) in [5.74, 6) is -1.56. The van der Waals surface area contributed by atoms with E-state index in [4.69, 9.17) is 0 Å². The van der Waals surface area contributed by atoms with E-state index >= 15 is 0 Å². The van der Waals surface area contributed by atoms with Crippen molar-refractivity contribution in [1.29, 1.82) is 0 Å². The predicted molar refractivity (Wildman–Crippen MR) is 85.5 cm³/mol. The normalized spacial score (nSPS) is 22.7. The van der Waals surface area contributed by atoms with Crippen LogP contribution >= 0.6 is 0 Å². The molecule has 3 rings (SSSR count). The van der Waals surface area contributed by atoms with Crippen molar-refractivity contribution in [3.8, 4) is 0 Å². The van der Waals surface area contributed by atoms with Crippen LogP contribution in [0.15, 0.2) is 54.6 Å². The van der Waals surface area contributed by atoms with E-state index in [1.165, 1.54) is 24.3 Å². The molecule has 0 aromatic heterocycles. The first-order valence-electron chi connectivity index (χ1n) is 7.80. The maximum Gasteiger partial charge on any atom is 0.412 e. The van der Waals surface area contributed by atoms with Gasteiger partial charge in [-0.3, -0.25) is 19.9 Å². The molecule has 1 aliphatic rings. The molecule has 0 saturated carbocycles. The molecule has 2 aromatic rings. The number of hydrogen-bond acceptors (Lipinski definition) is 4. The van der Waals surface area contributed by atoms with Crippen LogP contribution in [0, 0.1) is 15.9 Å². The van der Waals surface area contributed by atoms with Gasteiger partial charge < -0.3 is 0 Å². The van der Waals surface area contributed by atoms with Gasteiger partial charge in [-0.2, -0.15) is 13.2 Å². The summed E-state index contributed by atoms with van der Waals surface area (Å²) in [5, 5.41) is 12.1. The van der Waals surface area contributed by atoms with E-state index in [1.54, 1.807) is 6.07 Å². The van der Waals surface area contributed by atoms with Crippen molar-refractivity contribution in [2.45, 2.75) is 24.3 Å². The lowest BCUT2D eigenvalue weighted by atomic mass is 9.95. The van der Waals surface area contributed by atoms with Crippen LogP contribution in [0.2, 0.25) is 0 Å². The highest BCUT2D eigenvalue weighted by Gasteiger charge is 2.62. The fraction of sp³-hybridized carbons (Fsp3) is 0.235. The molecule has 1 saturated heterocycles. The van der Waals surface area contributed by atoms with Crippen LogP contribution in [-0.4, -0.2) is 34.1 Å². The summed E-state index contributed by atoms with van der Waals surface area (Å²) in [4.78, 5) is 23.2. The summed E-state index contributed by atoms with van der Waals surface area (Å²) >= 11 is 0. The van der Waals surface area contributed by atoms with Crippen molar-refractivity contribution >= 4 is 5.91 Å². The second kappa shape index (κ2) is 6.95. The number of nitro groups is 1. The smallest absolute Gasteiger partial charge is 0.268 e. The number of carbonyl (C=O) groups excluding carboxylic acids is 1. The molecule has 3 atom stereocenters. The largest absolute Gasteiger partial charge is 0.412 e. The number of hydrogen-bond donors (Lipinski definition) is 1. The summed E-state index contributed by atoms with van der Waals surface area (Å²) in [6, 6.07) is 5.40. The molecule has 0 spiro atoms. The summed E-state index contributed by atoms with van der Waals surface area (Å²) in [6.45, 7) is 0. The van der Waals surface area contributed by atoms with E-state index in [9.17, 15) is 32.5 Å². The molecule has 1 fully saturated rings. The number of carbonyl (C=O) groups is 1. The van der Waals surface area contributed by atoms with Gasteiger partial charge in [0.2, 0.25) is 0 Å². The zero-order chi connectivity index (χ0) is 19.8. The number of alkyl halides is 3. The van der Waals surface area contributed by atoms with E-state index in [2.05, 4.69) is 0 Å². The van der Waals surface area contributed by atoms with Crippen molar-refractivity contribution < 1.29 is 27.3 Å². The Morgan fingerprint density at radius 1 is 1.07 bits per heavy atom. The Kier molecular flexibility index (Phi) is 4.83. The standard InChI is InChI=1S/C17H13F4N3O3/c18-12-8-6-11(7-9-12)16(25)23-13(10-4-2-1-3-5-10)14(24(26)27)15(22-23)17(19,20)21/h1-9,13-15,22H/t13-,14+,15+/m0/s1. The lowest BCUT2D eigenvalue weighted by Crippen LogP contribution is -2.49. The van der Waals surface area contributed by atoms with Crippen molar-refractivity contribution in [1.82, 2.24) is 10.4 Å². The molecule has 0 unspecified atom stereocenters. The molecular weight excluding hydrogens is 370 g/mol. The van der Waals surface area contributed by atoms with Gasteiger partial charge in [-0.15, -0.1) is 0 Å². The number of amides is 1. The van der Waals surface area contributed by atoms with Crippen LogP contribution in [0.5, 0.6) is 0 Å². The van der Waals surface area contributed by atoms with Crippen LogP contribution in [0.3, 0.4) is 0 Å². The third kappa shape index (κ3) is 3.61. The molecule has 0 aliphatic carbocycles. The Labute approximate surface area is 150 Å². The SMILES string of the molecule is O=C(c1ccc(F)cc1)N1N[C@@H](C(F)(F)F)[C@H]([N+](=O)[O-])[C@@H]1c1ccccc1. The van der Waals surface area contributed by atoms with Gasteiger partial charge in [0.05, 0.1) is 0 Å². The highest BCUT2D eigenvalue weighted by atomic mass is 19.4. The van der Waals surface area contributed by atoms with Crippen molar-refractivity contribution in [2.24, 2.45) is 0 Å². The van der Waals surface area contributed by atoms with Gasteiger partial charge in [0.25, 0.3) is 11.9 Å². The third-order valence-electron chi connectivity index (χ3n) is 4.27. The van der Waals surface area contributed by atoms with Gasteiger partial charge >= 0.3 is 6.18 Å². The minimum Gasteiger partial charge on any atom is -0.268 e. The summed E-state index contributed by atoms with van der Waals surface area (Å²) in [5.41, 5.74) is 2.02. The summed E-state index contributed by atoms with van der Waals surface area (Å²) in [6.07, 6.45) is -4.96. The van der Waals surface area contributed by atoms with Crippen LogP contribution in [0.4, 0.5) is 17.6 Å². The Hall–Kier alpha value is -3.01. The number of nitrogens with zero attached hydrogens (tertiary/aromatic N) is 2. The van der Waals surface area contributed by atoms with Crippen LogP contribution in [0.25, 0.3) is 0 Å². The second-order valence-electron chi connectivity index (χ2n) is 5.96. The first-order valence-corrected chi connectivity index (χ1v) is 7.80. The molecule has 1 amide bonds. The number of benzene rings is 2. The first-order chi connectivity index (χ1) is 12.7. The summed E-state index contributed by atoms with van der Waals surface area (Å²) in [7, 11) is 0. The van der Waals surface area contributed by atoms with Gasteiger partial charge in [-0.25, -0.2) is 9.82 Å².